The van der Waals surface area contributed by atoms with E-state index >= 15 is 0 Å². The van der Waals surface area contributed by atoms with E-state index in [1.807, 2.05) is 0 Å². The number of para-hydroxylation sites is 1. The third kappa shape index (κ3) is 5.45. The molecule has 2 aliphatic rings. The van der Waals surface area contributed by atoms with Gasteiger partial charge in [0, 0.05) is 33.0 Å². The van der Waals surface area contributed by atoms with Crippen LogP contribution in [0.5, 0.6) is 0 Å². The molecule has 0 fully saturated rings. The number of benzene rings is 8. The lowest BCUT2D eigenvalue weighted by Crippen LogP contribution is -2.26. The molecule has 2 aromatic heterocycles. The maximum Gasteiger partial charge on any atom is 0.0954 e. The third-order valence-electron chi connectivity index (χ3n) is 12.9. The summed E-state index contributed by atoms with van der Waals surface area (Å²) in [6.07, 6.45) is 4.50. The number of hydrogen-bond donors (Lipinski definition) is 0. The molecule has 0 radical (unpaired) electrons. The van der Waals surface area contributed by atoms with Crippen LogP contribution in [0.2, 0.25) is 0 Å². The van der Waals surface area contributed by atoms with Gasteiger partial charge in [0.15, 0.2) is 0 Å². The highest BCUT2D eigenvalue weighted by Crippen LogP contribution is 2.44. The van der Waals surface area contributed by atoms with Crippen LogP contribution in [0.25, 0.3) is 87.6 Å². The molecular weight excluding hydrogens is 703 g/mol. The standard InChI is InChI=1S/C55H39N3/c1-2-10-35(11-3-1)49-29-24-36-17-18-37-25-30-50(57-55(37)54(36)56-49)42-23-27-45-41(33-42)20-19-40-31-39(22-26-44(40)45)38-12-8-13-43(32-38)53-48-28-21-34-9-4-5-14-46(34)52(48)47-15-6-7-16-51(47)58-53/h1-16,19-23,25-28,30-33,36,54H,17-18,24,29H2. The van der Waals surface area contributed by atoms with Crippen molar-refractivity contribution in [2.24, 2.45) is 10.9 Å². The van der Waals surface area contributed by atoms with Crippen LogP contribution >= 0.6 is 0 Å². The third-order valence-corrected chi connectivity index (χ3v) is 12.9. The summed E-state index contributed by atoms with van der Waals surface area (Å²) in [6, 6.07) is 64.2. The average Bonchev–Trinajstić information content (AvgIpc) is 3.30. The van der Waals surface area contributed by atoms with Crippen LogP contribution in [-0.4, -0.2) is 15.7 Å². The number of aliphatic imine (C=N–C) groups is 1. The summed E-state index contributed by atoms with van der Waals surface area (Å²) in [7, 11) is 0. The summed E-state index contributed by atoms with van der Waals surface area (Å²) < 4.78 is 0. The molecule has 58 heavy (non-hydrogen) atoms. The van der Waals surface area contributed by atoms with E-state index in [0.29, 0.717) is 5.92 Å². The normalized spacial score (nSPS) is 16.4. The first-order chi connectivity index (χ1) is 28.7. The molecule has 8 aromatic carbocycles. The fraction of sp³-hybridized carbons (Fsp3) is 0.109. The van der Waals surface area contributed by atoms with Gasteiger partial charge >= 0.3 is 0 Å². The Balaban J connectivity index is 0.894. The van der Waals surface area contributed by atoms with Crippen LogP contribution in [0.15, 0.2) is 181 Å². The fourth-order valence-corrected chi connectivity index (χ4v) is 9.93. The molecule has 0 bridgehead atoms. The lowest BCUT2D eigenvalue weighted by molar-refractivity contribution is 0.342. The van der Waals surface area contributed by atoms with E-state index in [1.165, 1.54) is 95.0 Å². The van der Waals surface area contributed by atoms with E-state index in [-0.39, 0.29) is 6.04 Å². The van der Waals surface area contributed by atoms with Crippen molar-refractivity contribution in [3.05, 3.63) is 193 Å². The zero-order valence-electron chi connectivity index (χ0n) is 32.1. The highest BCUT2D eigenvalue weighted by Gasteiger charge is 2.34. The minimum atomic E-state index is 0.135. The van der Waals surface area contributed by atoms with Crippen molar-refractivity contribution in [3.8, 4) is 33.6 Å². The van der Waals surface area contributed by atoms with Crippen LogP contribution in [-0.2, 0) is 6.42 Å². The SMILES string of the molecule is c1ccc(C2=NC3c4nc(-c5ccc6c(ccc7cc(-c8cccc(-c9nc%10ccccc%10c%10c9ccc9ccccc9%10)c8)ccc76)c5)ccc4CCC3CC2)cc1. The number of nitrogens with zero attached hydrogens (tertiary/aromatic N) is 3. The Bertz CT molecular complexity index is 3290. The fourth-order valence-electron chi connectivity index (χ4n) is 9.93. The van der Waals surface area contributed by atoms with Gasteiger partial charge in [-0.1, -0.05) is 146 Å². The summed E-state index contributed by atoms with van der Waals surface area (Å²) in [4.78, 5) is 16.0. The van der Waals surface area contributed by atoms with Gasteiger partial charge in [-0.25, -0.2) is 4.98 Å². The lowest BCUT2D eigenvalue weighted by atomic mass is 9.77. The molecule has 0 saturated heterocycles. The van der Waals surface area contributed by atoms with Gasteiger partial charge in [-0.2, -0.15) is 0 Å². The molecule has 12 rings (SSSR count). The van der Waals surface area contributed by atoms with Gasteiger partial charge < -0.3 is 0 Å². The Morgan fingerprint density at radius 1 is 0.414 bits per heavy atom. The molecule has 0 N–H and O–H groups in total. The summed E-state index contributed by atoms with van der Waals surface area (Å²) >= 11 is 0. The minimum Gasteiger partial charge on any atom is -0.279 e. The summed E-state index contributed by atoms with van der Waals surface area (Å²) in [6.45, 7) is 0. The zero-order chi connectivity index (χ0) is 38.2. The number of fused-ring (bicyclic) bond motifs is 11. The second kappa shape index (κ2) is 13.3. The molecule has 10 aromatic rings. The van der Waals surface area contributed by atoms with Crippen LogP contribution in [0.4, 0.5) is 0 Å². The van der Waals surface area contributed by atoms with Crippen molar-refractivity contribution in [2.75, 3.05) is 0 Å². The van der Waals surface area contributed by atoms with E-state index in [1.54, 1.807) is 0 Å². The van der Waals surface area contributed by atoms with E-state index in [4.69, 9.17) is 15.0 Å². The van der Waals surface area contributed by atoms with Crippen molar-refractivity contribution < 1.29 is 0 Å². The number of hydrogen-bond acceptors (Lipinski definition) is 3. The maximum absolute atomic E-state index is 5.37. The first-order valence-electron chi connectivity index (χ1n) is 20.6. The number of aryl methyl sites for hydroxylation is 1. The van der Waals surface area contributed by atoms with E-state index in [2.05, 4.69) is 176 Å². The first kappa shape index (κ1) is 33.2. The van der Waals surface area contributed by atoms with Crippen molar-refractivity contribution in [1.82, 2.24) is 9.97 Å². The predicted molar refractivity (Wildman–Crippen MR) is 243 cm³/mol. The Hall–Kier alpha value is -6.97. The highest BCUT2D eigenvalue weighted by molar-refractivity contribution is 6.22. The van der Waals surface area contributed by atoms with E-state index < -0.39 is 0 Å². The maximum atomic E-state index is 5.37. The number of rotatable bonds is 4. The van der Waals surface area contributed by atoms with Crippen molar-refractivity contribution in [2.45, 2.75) is 31.7 Å². The summed E-state index contributed by atoms with van der Waals surface area (Å²) in [5.74, 6) is 0.564. The van der Waals surface area contributed by atoms with E-state index in [0.717, 1.165) is 40.9 Å². The lowest BCUT2D eigenvalue weighted by Gasteiger charge is -2.34. The smallest absolute Gasteiger partial charge is 0.0954 e. The molecule has 0 spiro atoms. The largest absolute Gasteiger partial charge is 0.279 e. The Labute approximate surface area is 337 Å². The molecule has 0 saturated carbocycles. The molecular formula is C55H39N3. The second-order valence-corrected chi connectivity index (χ2v) is 16.2. The molecule has 274 valence electrons. The molecule has 2 unspecified atom stereocenters. The molecule has 3 heterocycles. The van der Waals surface area contributed by atoms with Crippen LogP contribution in [0, 0.1) is 5.92 Å². The Morgan fingerprint density at radius 2 is 1.09 bits per heavy atom. The zero-order valence-corrected chi connectivity index (χ0v) is 32.1. The Morgan fingerprint density at radius 3 is 1.97 bits per heavy atom. The molecule has 3 nitrogen and oxygen atoms in total. The summed E-state index contributed by atoms with van der Waals surface area (Å²) in [5.41, 5.74) is 12.7. The molecule has 3 heteroatoms. The van der Waals surface area contributed by atoms with Crippen LogP contribution < -0.4 is 0 Å². The van der Waals surface area contributed by atoms with Gasteiger partial charge in [-0.05, 0) is 117 Å². The molecule has 2 atom stereocenters. The van der Waals surface area contributed by atoms with Gasteiger partial charge in [0.1, 0.15) is 0 Å². The van der Waals surface area contributed by atoms with Gasteiger partial charge in [0.2, 0.25) is 0 Å². The molecule has 0 amide bonds. The first-order valence-corrected chi connectivity index (χ1v) is 20.6. The molecule has 1 aliphatic carbocycles. The molecule has 1 aliphatic heterocycles. The predicted octanol–water partition coefficient (Wildman–Crippen LogP) is 14.1. The monoisotopic (exact) mass is 741 g/mol. The topological polar surface area (TPSA) is 38.1 Å². The second-order valence-electron chi connectivity index (χ2n) is 16.2. The van der Waals surface area contributed by atoms with Crippen LogP contribution in [0.3, 0.4) is 0 Å². The quantitative estimate of drug-likeness (QED) is 0.168. The van der Waals surface area contributed by atoms with Gasteiger partial charge in [0.25, 0.3) is 0 Å². The van der Waals surface area contributed by atoms with Gasteiger partial charge in [0.05, 0.1) is 28.6 Å². The van der Waals surface area contributed by atoms with Crippen LogP contribution in [0.1, 0.15) is 42.1 Å². The van der Waals surface area contributed by atoms with Gasteiger partial charge in [-0.3, -0.25) is 9.98 Å². The van der Waals surface area contributed by atoms with Crippen molar-refractivity contribution in [1.29, 1.82) is 0 Å². The minimum absolute atomic E-state index is 0.135. The van der Waals surface area contributed by atoms with Crippen molar-refractivity contribution >= 4 is 59.7 Å². The summed E-state index contributed by atoms with van der Waals surface area (Å²) in [5, 5.41) is 11.1. The number of pyridine rings is 2. The number of aromatic nitrogens is 2. The van der Waals surface area contributed by atoms with E-state index in [9.17, 15) is 0 Å². The average molecular weight is 742 g/mol. The highest BCUT2D eigenvalue weighted by atomic mass is 14.9. The van der Waals surface area contributed by atoms with Gasteiger partial charge in [-0.15, -0.1) is 0 Å². The van der Waals surface area contributed by atoms with Crippen molar-refractivity contribution in [3.63, 3.8) is 0 Å². The Kier molecular flexibility index (Phi) is 7.62.